The second-order valence-corrected chi connectivity index (χ2v) is 4.78. The van der Waals surface area contributed by atoms with E-state index >= 15 is 0 Å². The van der Waals surface area contributed by atoms with Gasteiger partial charge in [0.2, 0.25) is 0 Å². The topological polar surface area (TPSA) is 38.3 Å². The minimum atomic E-state index is -0.125. The Balaban J connectivity index is 2.34. The van der Waals surface area contributed by atoms with Crippen molar-refractivity contribution in [2.24, 2.45) is 5.92 Å². The van der Waals surface area contributed by atoms with E-state index in [0.29, 0.717) is 6.04 Å². The number of ether oxygens (including phenoxy) is 1. The summed E-state index contributed by atoms with van der Waals surface area (Å²) in [5.41, 5.74) is 0. The Morgan fingerprint density at radius 1 is 1.31 bits per heavy atom. The average Bonchev–Trinajstić information content (AvgIpc) is 2.35. The van der Waals surface area contributed by atoms with Gasteiger partial charge in [-0.15, -0.1) is 0 Å². The van der Waals surface area contributed by atoms with Gasteiger partial charge in [-0.1, -0.05) is 20.3 Å². The maximum absolute atomic E-state index is 11.5. The van der Waals surface area contributed by atoms with Crippen LogP contribution in [0.25, 0.3) is 0 Å². The van der Waals surface area contributed by atoms with Crippen molar-refractivity contribution < 1.29 is 9.53 Å². The largest absolute Gasteiger partial charge is 0.468 e. The van der Waals surface area contributed by atoms with Gasteiger partial charge in [0.05, 0.1) is 7.11 Å². The third-order valence-electron chi connectivity index (χ3n) is 3.75. The number of rotatable bonds is 5. The van der Waals surface area contributed by atoms with E-state index in [1.807, 2.05) is 6.92 Å². The average molecular weight is 227 g/mol. The molecule has 1 aliphatic rings. The van der Waals surface area contributed by atoms with Crippen molar-refractivity contribution >= 4 is 5.97 Å². The van der Waals surface area contributed by atoms with Gasteiger partial charge in [-0.25, -0.2) is 0 Å². The molecule has 1 atom stereocenters. The monoisotopic (exact) mass is 227 g/mol. The molecule has 3 heteroatoms. The summed E-state index contributed by atoms with van der Waals surface area (Å²) in [6.45, 7) is 4.29. The van der Waals surface area contributed by atoms with E-state index < -0.39 is 0 Å². The van der Waals surface area contributed by atoms with Gasteiger partial charge < -0.3 is 10.1 Å². The molecule has 1 rings (SSSR count). The van der Waals surface area contributed by atoms with Gasteiger partial charge in [-0.3, -0.25) is 4.79 Å². The zero-order valence-electron chi connectivity index (χ0n) is 10.8. The number of methoxy groups -OCH3 is 1. The van der Waals surface area contributed by atoms with Crippen molar-refractivity contribution in [3.05, 3.63) is 0 Å². The first-order chi connectivity index (χ1) is 7.71. The second-order valence-electron chi connectivity index (χ2n) is 4.78. The first-order valence-electron chi connectivity index (χ1n) is 6.55. The third-order valence-corrected chi connectivity index (χ3v) is 3.75. The first kappa shape index (κ1) is 13.5. The minimum absolute atomic E-state index is 0.117. The highest BCUT2D eigenvalue weighted by Gasteiger charge is 2.24. The Hall–Kier alpha value is -0.570. The van der Waals surface area contributed by atoms with E-state index in [0.717, 1.165) is 12.3 Å². The Labute approximate surface area is 98.9 Å². The Kier molecular flexibility index (Phi) is 5.81. The fourth-order valence-corrected chi connectivity index (χ4v) is 2.52. The van der Waals surface area contributed by atoms with Crippen LogP contribution in [0.5, 0.6) is 0 Å². The van der Waals surface area contributed by atoms with Crippen molar-refractivity contribution in [2.75, 3.05) is 7.11 Å². The standard InChI is InChI=1S/C13H25NO2/c1-4-10-6-8-11(9-7-10)14-12(5-2)13(15)16-3/h10-12,14H,4-9H2,1-3H3. The molecule has 3 nitrogen and oxygen atoms in total. The normalized spacial score (nSPS) is 27.4. The van der Waals surface area contributed by atoms with Crippen molar-refractivity contribution in [2.45, 2.75) is 64.5 Å². The Bertz CT molecular complexity index is 210. The van der Waals surface area contributed by atoms with Crippen LogP contribution >= 0.6 is 0 Å². The lowest BCUT2D eigenvalue weighted by atomic mass is 9.84. The molecular weight excluding hydrogens is 202 g/mol. The number of carbonyl (C=O) groups excluding carboxylic acids is 1. The van der Waals surface area contributed by atoms with E-state index in [1.165, 1.54) is 39.2 Å². The molecule has 0 aromatic carbocycles. The van der Waals surface area contributed by atoms with Crippen molar-refractivity contribution in [1.82, 2.24) is 5.32 Å². The summed E-state index contributed by atoms with van der Waals surface area (Å²) in [5, 5.41) is 3.43. The van der Waals surface area contributed by atoms with Crippen LogP contribution in [0, 0.1) is 5.92 Å². The van der Waals surface area contributed by atoms with Gasteiger partial charge in [0.15, 0.2) is 0 Å². The van der Waals surface area contributed by atoms with E-state index in [2.05, 4.69) is 12.2 Å². The molecule has 0 saturated heterocycles. The molecule has 0 radical (unpaired) electrons. The maximum Gasteiger partial charge on any atom is 0.322 e. The van der Waals surface area contributed by atoms with Gasteiger partial charge in [0.1, 0.15) is 6.04 Å². The molecule has 1 unspecified atom stereocenters. The summed E-state index contributed by atoms with van der Waals surface area (Å²) in [5.74, 6) is 0.774. The fraction of sp³-hybridized carbons (Fsp3) is 0.923. The van der Waals surface area contributed by atoms with Crippen molar-refractivity contribution in [3.8, 4) is 0 Å². The maximum atomic E-state index is 11.5. The SMILES string of the molecule is CCC1CCC(NC(CC)C(=O)OC)CC1. The highest BCUT2D eigenvalue weighted by Crippen LogP contribution is 2.26. The van der Waals surface area contributed by atoms with Crippen LogP contribution in [0.3, 0.4) is 0 Å². The zero-order chi connectivity index (χ0) is 12.0. The minimum Gasteiger partial charge on any atom is -0.468 e. The molecule has 0 spiro atoms. The summed E-state index contributed by atoms with van der Waals surface area (Å²) in [7, 11) is 1.46. The number of carbonyl (C=O) groups is 1. The molecule has 1 fully saturated rings. The molecule has 1 saturated carbocycles. The molecule has 1 N–H and O–H groups in total. The van der Waals surface area contributed by atoms with Crippen LogP contribution in [-0.4, -0.2) is 25.2 Å². The Morgan fingerprint density at radius 3 is 2.38 bits per heavy atom. The molecule has 0 aromatic heterocycles. The van der Waals surface area contributed by atoms with Crippen LogP contribution < -0.4 is 5.32 Å². The second kappa shape index (κ2) is 6.89. The zero-order valence-corrected chi connectivity index (χ0v) is 10.8. The van der Waals surface area contributed by atoms with E-state index in [-0.39, 0.29) is 12.0 Å². The number of hydrogen-bond acceptors (Lipinski definition) is 3. The molecular formula is C13H25NO2. The smallest absolute Gasteiger partial charge is 0.322 e. The third kappa shape index (κ3) is 3.78. The van der Waals surface area contributed by atoms with Gasteiger partial charge in [0.25, 0.3) is 0 Å². The lowest BCUT2D eigenvalue weighted by molar-refractivity contribution is -0.143. The van der Waals surface area contributed by atoms with E-state index in [4.69, 9.17) is 4.74 Å². The van der Waals surface area contributed by atoms with Gasteiger partial charge in [-0.05, 0) is 38.0 Å². The fourth-order valence-electron chi connectivity index (χ4n) is 2.52. The van der Waals surface area contributed by atoms with E-state index in [1.54, 1.807) is 0 Å². The van der Waals surface area contributed by atoms with Crippen LogP contribution in [0.4, 0.5) is 0 Å². The predicted molar refractivity (Wildman–Crippen MR) is 65.3 cm³/mol. The predicted octanol–water partition coefficient (Wildman–Crippen LogP) is 2.50. The van der Waals surface area contributed by atoms with Gasteiger partial charge >= 0.3 is 5.97 Å². The molecule has 1 aliphatic carbocycles. The van der Waals surface area contributed by atoms with Crippen molar-refractivity contribution in [3.63, 3.8) is 0 Å². The molecule has 94 valence electrons. The molecule has 0 aliphatic heterocycles. The lowest BCUT2D eigenvalue weighted by Crippen LogP contribution is -2.45. The molecule has 16 heavy (non-hydrogen) atoms. The first-order valence-corrected chi connectivity index (χ1v) is 6.55. The lowest BCUT2D eigenvalue weighted by Gasteiger charge is -2.30. The molecule has 0 aromatic rings. The summed E-state index contributed by atoms with van der Waals surface area (Å²) >= 11 is 0. The number of nitrogens with one attached hydrogen (secondary N) is 1. The van der Waals surface area contributed by atoms with Gasteiger partial charge in [-0.2, -0.15) is 0 Å². The highest BCUT2D eigenvalue weighted by atomic mass is 16.5. The summed E-state index contributed by atoms with van der Waals surface area (Å²) < 4.78 is 4.79. The summed E-state index contributed by atoms with van der Waals surface area (Å²) in [6, 6.07) is 0.389. The molecule has 0 bridgehead atoms. The number of hydrogen-bond donors (Lipinski definition) is 1. The Morgan fingerprint density at radius 2 is 1.94 bits per heavy atom. The van der Waals surface area contributed by atoms with Crippen LogP contribution in [-0.2, 0) is 9.53 Å². The van der Waals surface area contributed by atoms with Crippen molar-refractivity contribution in [1.29, 1.82) is 0 Å². The summed E-state index contributed by atoms with van der Waals surface area (Å²) in [6.07, 6.45) is 7.09. The quantitative estimate of drug-likeness (QED) is 0.733. The molecule has 0 amide bonds. The number of esters is 1. The van der Waals surface area contributed by atoms with E-state index in [9.17, 15) is 4.79 Å². The van der Waals surface area contributed by atoms with Crippen LogP contribution in [0.2, 0.25) is 0 Å². The highest BCUT2D eigenvalue weighted by molar-refractivity contribution is 5.75. The van der Waals surface area contributed by atoms with Crippen LogP contribution in [0.1, 0.15) is 52.4 Å². The summed E-state index contributed by atoms with van der Waals surface area (Å²) in [4.78, 5) is 11.5. The van der Waals surface area contributed by atoms with Gasteiger partial charge in [0, 0.05) is 6.04 Å². The molecule has 0 heterocycles. The van der Waals surface area contributed by atoms with Crippen LogP contribution in [0.15, 0.2) is 0 Å².